The lowest BCUT2D eigenvalue weighted by atomic mass is 10.4. The van der Waals surface area contributed by atoms with E-state index in [1.165, 1.54) is 51.3 Å². The van der Waals surface area contributed by atoms with Crippen LogP contribution < -0.4 is 5.32 Å². The van der Waals surface area contributed by atoms with E-state index < -0.39 is 0 Å². The Balaban J connectivity index is 1.52. The van der Waals surface area contributed by atoms with E-state index in [4.69, 9.17) is 0 Å². The van der Waals surface area contributed by atoms with Crippen LogP contribution in [0.25, 0.3) is 0 Å². The third kappa shape index (κ3) is 2.96. The molecule has 1 N–H and O–H groups in total. The van der Waals surface area contributed by atoms with Crippen LogP contribution in [0.4, 0.5) is 0 Å². The standard InChI is InChI=1S/C9H18N2S/c1-2-9(1)12-8-7-11-5-3-10-4-6-11/h9-10H,1-8H2. The molecule has 2 aliphatic rings. The second kappa shape index (κ2) is 4.49. The Labute approximate surface area is 79.1 Å². The molecule has 0 unspecified atom stereocenters. The second-order valence-electron chi connectivity index (χ2n) is 3.66. The number of hydrogen-bond acceptors (Lipinski definition) is 3. The number of thioether (sulfide) groups is 1. The van der Waals surface area contributed by atoms with Gasteiger partial charge in [-0.25, -0.2) is 0 Å². The Bertz CT molecular complexity index is 130. The first-order valence-electron chi connectivity index (χ1n) is 5.00. The van der Waals surface area contributed by atoms with E-state index >= 15 is 0 Å². The lowest BCUT2D eigenvalue weighted by Gasteiger charge is -2.26. The molecule has 2 nitrogen and oxygen atoms in total. The first-order chi connectivity index (χ1) is 5.95. The molecule has 1 aliphatic carbocycles. The molecule has 0 atom stereocenters. The van der Waals surface area contributed by atoms with Crippen LogP contribution >= 0.6 is 11.8 Å². The average molecular weight is 186 g/mol. The van der Waals surface area contributed by atoms with Gasteiger partial charge in [-0.15, -0.1) is 0 Å². The number of piperazine rings is 1. The van der Waals surface area contributed by atoms with Crippen LogP contribution in [0, 0.1) is 0 Å². The lowest BCUT2D eigenvalue weighted by molar-refractivity contribution is 0.255. The van der Waals surface area contributed by atoms with Crippen LogP contribution in [0.1, 0.15) is 12.8 Å². The fourth-order valence-electron chi connectivity index (χ4n) is 1.52. The first-order valence-corrected chi connectivity index (χ1v) is 6.05. The van der Waals surface area contributed by atoms with Gasteiger partial charge in [0, 0.05) is 43.7 Å². The van der Waals surface area contributed by atoms with Crippen LogP contribution in [-0.4, -0.2) is 48.6 Å². The fourth-order valence-corrected chi connectivity index (χ4v) is 2.68. The minimum Gasteiger partial charge on any atom is -0.314 e. The highest BCUT2D eigenvalue weighted by atomic mass is 32.2. The molecule has 0 radical (unpaired) electrons. The molecule has 1 saturated heterocycles. The Kier molecular flexibility index (Phi) is 3.31. The maximum atomic E-state index is 3.38. The van der Waals surface area contributed by atoms with Gasteiger partial charge in [-0.1, -0.05) is 0 Å². The topological polar surface area (TPSA) is 15.3 Å². The van der Waals surface area contributed by atoms with Gasteiger partial charge in [-0.3, -0.25) is 4.90 Å². The van der Waals surface area contributed by atoms with Crippen LogP contribution in [0.3, 0.4) is 0 Å². The molecule has 0 spiro atoms. The van der Waals surface area contributed by atoms with E-state index in [2.05, 4.69) is 22.0 Å². The van der Waals surface area contributed by atoms with E-state index in [0.717, 1.165) is 5.25 Å². The van der Waals surface area contributed by atoms with Gasteiger partial charge in [-0.05, 0) is 12.8 Å². The van der Waals surface area contributed by atoms with Crippen LogP contribution in [0.15, 0.2) is 0 Å². The number of nitrogens with one attached hydrogen (secondary N) is 1. The van der Waals surface area contributed by atoms with Gasteiger partial charge in [-0.2, -0.15) is 11.8 Å². The Morgan fingerprint density at radius 3 is 2.67 bits per heavy atom. The summed E-state index contributed by atoms with van der Waals surface area (Å²) < 4.78 is 0. The quantitative estimate of drug-likeness (QED) is 0.699. The monoisotopic (exact) mass is 186 g/mol. The highest BCUT2D eigenvalue weighted by Crippen LogP contribution is 2.33. The van der Waals surface area contributed by atoms with Gasteiger partial charge >= 0.3 is 0 Å². The average Bonchev–Trinajstić information content (AvgIpc) is 2.90. The van der Waals surface area contributed by atoms with Crippen molar-refractivity contribution in [1.29, 1.82) is 0 Å². The van der Waals surface area contributed by atoms with E-state index in [1.54, 1.807) is 0 Å². The minimum absolute atomic E-state index is 1.04. The van der Waals surface area contributed by atoms with Crippen molar-refractivity contribution in [2.75, 3.05) is 38.5 Å². The Hall–Kier alpha value is 0.270. The Morgan fingerprint density at radius 1 is 1.25 bits per heavy atom. The summed E-state index contributed by atoms with van der Waals surface area (Å²) in [5.41, 5.74) is 0. The third-order valence-corrected chi connectivity index (χ3v) is 3.86. The van der Waals surface area contributed by atoms with Crippen molar-refractivity contribution < 1.29 is 0 Å². The van der Waals surface area contributed by atoms with E-state index in [9.17, 15) is 0 Å². The highest BCUT2D eigenvalue weighted by molar-refractivity contribution is 8.00. The molecular weight excluding hydrogens is 168 g/mol. The van der Waals surface area contributed by atoms with Gasteiger partial charge < -0.3 is 5.32 Å². The minimum atomic E-state index is 1.04. The van der Waals surface area contributed by atoms with Crippen LogP contribution in [0.5, 0.6) is 0 Å². The smallest absolute Gasteiger partial charge is 0.0108 e. The molecule has 3 heteroatoms. The SMILES string of the molecule is C1CN(CCSC2CC2)CCN1. The lowest BCUT2D eigenvalue weighted by Crippen LogP contribution is -2.44. The second-order valence-corrected chi connectivity index (χ2v) is 5.07. The van der Waals surface area contributed by atoms with Crippen molar-refractivity contribution in [3.05, 3.63) is 0 Å². The van der Waals surface area contributed by atoms with Crippen molar-refractivity contribution in [1.82, 2.24) is 10.2 Å². The largest absolute Gasteiger partial charge is 0.314 e. The summed E-state index contributed by atoms with van der Waals surface area (Å²) in [5, 5.41) is 4.41. The Morgan fingerprint density at radius 2 is 2.00 bits per heavy atom. The maximum Gasteiger partial charge on any atom is 0.0108 e. The molecular formula is C9H18N2S. The summed E-state index contributed by atoms with van der Waals surface area (Å²) in [7, 11) is 0. The molecule has 2 fully saturated rings. The molecule has 70 valence electrons. The first kappa shape index (κ1) is 8.85. The van der Waals surface area contributed by atoms with E-state index in [-0.39, 0.29) is 0 Å². The van der Waals surface area contributed by atoms with Crippen molar-refractivity contribution in [3.8, 4) is 0 Å². The molecule has 0 aromatic rings. The summed E-state index contributed by atoms with van der Waals surface area (Å²) in [6.07, 6.45) is 2.96. The normalized spacial score (nSPS) is 26.0. The molecule has 0 aromatic carbocycles. The number of nitrogens with zero attached hydrogens (tertiary/aromatic N) is 1. The molecule has 0 aromatic heterocycles. The van der Waals surface area contributed by atoms with Gasteiger partial charge in [0.2, 0.25) is 0 Å². The molecule has 1 heterocycles. The molecule has 0 bridgehead atoms. The van der Waals surface area contributed by atoms with Gasteiger partial charge in [0.1, 0.15) is 0 Å². The number of hydrogen-bond donors (Lipinski definition) is 1. The third-order valence-electron chi connectivity index (χ3n) is 2.50. The molecule has 12 heavy (non-hydrogen) atoms. The van der Waals surface area contributed by atoms with Gasteiger partial charge in [0.25, 0.3) is 0 Å². The van der Waals surface area contributed by atoms with Crippen molar-refractivity contribution in [2.24, 2.45) is 0 Å². The van der Waals surface area contributed by atoms with E-state index in [0.29, 0.717) is 0 Å². The van der Waals surface area contributed by atoms with Crippen molar-refractivity contribution >= 4 is 11.8 Å². The van der Waals surface area contributed by atoms with Gasteiger partial charge in [0.05, 0.1) is 0 Å². The van der Waals surface area contributed by atoms with E-state index in [1.807, 2.05) is 0 Å². The summed E-state index contributed by atoms with van der Waals surface area (Å²) in [6, 6.07) is 0. The van der Waals surface area contributed by atoms with Crippen LogP contribution in [-0.2, 0) is 0 Å². The highest BCUT2D eigenvalue weighted by Gasteiger charge is 2.21. The summed E-state index contributed by atoms with van der Waals surface area (Å²) in [5.74, 6) is 1.35. The molecule has 2 rings (SSSR count). The predicted molar refractivity (Wildman–Crippen MR) is 54.8 cm³/mol. The predicted octanol–water partition coefficient (Wildman–Crippen LogP) is 0.787. The maximum absolute atomic E-state index is 3.38. The zero-order valence-electron chi connectivity index (χ0n) is 7.59. The summed E-state index contributed by atoms with van der Waals surface area (Å²) >= 11 is 2.17. The number of rotatable bonds is 4. The zero-order chi connectivity index (χ0) is 8.23. The molecule has 0 amide bonds. The molecule has 1 saturated carbocycles. The summed E-state index contributed by atoms with van der Waals surface area (Å²) in [6.45, 7) is 6.20. The zero-order valence-corrected chi connectivity index (χ0v) is 8.41. The fraction of sp³-hybridized carbons (Fsp3) is 1.00. The summed E-state index contributed by atoms with van der Waals surface area (Å²) in [4.78, 5) is 2.58. The van der Waals surface area contributed by atoms with Crippen molar-refractivity contribution in [3.63, 3.8) is 0 Å². The van der Waals surface area contributed by atoms with Crippen molar-refractivity contribution in [2.45, 2.75) is 18.1 Å². The molecule has 1 aliphatic heterocycles. The van der Waals surface area contributed by atoms with Crippen LogP contribution in [0.2, 0.25) is 0 Å². The van der Waals surface area contributed by atoms with Gasteiger partial charge in [0.15, 0.2) is 0 Å².